The summed E-state index contributed by atoms with van der Waals surface area (Å²) in [6, 6.07) is 10.00. The van der Waals surface area contributed by atoms with Gasteiger partial charge in [-0.05, 0) is 50.0 Å². The minimum atomic E-state index is 0.0640. The van der Waals surface area contributed by atoms with Gasteiger partial charge in [0.25, 0.3) is 0 Å². The van der Waals surface area contributed by atoms with Crippen LogP contribution in [0.25, 0.3) is 0 Å². The van der Waals surface area contributed by atoms with E-state index in [9.17, 15) is 9.59 Å². The molecule has 1 heterocycles. The van der Waals surface area contributed by atoms with E-state index < -0.39 is 0 Å². The van der Waals surface area contributed by atoms with Crippen LogP contribution in [-0.2, 0) is 16.1 Å². The highest BCUT2D eigenvalue weighted by Gasteiger charge is 2.32. The molecule has 1 N–H and O–H groups in total. The summed E-state index contributed by atoms with van der Waals surface area (Å²) in [6.45, 7) is 4.68. The second-order valence-corrected chi connectivity index (χ2v) is 7.76. The Bertz CT molecular complexity index is 571. The first-order valence-corrected chi connectivity index (χ1v) is 9.74. The maximum Gasteiger partial charge on any atom is 0.225 e. The number of rotatable bonds is 4. The van der Waals surface area contributed by atoms with E-state index in [-0.39, 0.29) is 17.7 Å². The lowest BCUT2D eigenvalue weighted by atomic mass is 9.80. The molecule has 1 aliphatic carbocycles. The Morgan fingerprint density at radius 1 is 0.960 bits per heavy atom. The second kappa shape index (κ2) is 8.50. The average Bonchev–Trinajstić information content (AvgIpc) is 2.67. The van der Waals surface area contributed by atoms with E-state index in [0.717, 1.165) is 63.1 Å². The number of hydrogen-bond acceptors (Lipinski definition) is 2. The maximum atomic E-state index is 12.7. The number of amides is 2. The smallest absolute Gasteiger partial charge is 0.225 e. The van der Waals surface area contributed by atoms with Gasteiger partial charge in [0.1, 0.15) is 0 Å². The summed E-state index contributed by atoms with van der Waals surface area (Å²) in [7, 11) is 0. The Hall–Kier alpha value is -1.84. The Balaban J connectivity index is 1.42. The van der Waals surface area contributed by atoms with E-state index in [4.69, 9.17) is 0 Å². The molecule has 0 aromatic heterocycles. The first-order chi connectivity index (χ1) is 12.1. The number of piperidine rings is 1. The Labute approximate surface area is 151 Å². The lowest BCUT2D eigenvalue weighted by molar-refractivity contribution is -0.139. The van der Waals surface area contributed by atoms with Crippen molar-refractivity contribution in [1.29, 1.82) is 0 Å². The van der Waals surface area contributed by atoms with Crippen LogP contribution in [0.2, 0.25) is 0 Å². The number of nitrogens with one attached hydrogen (secondary N) is 1. The normalized spacial score (nSPS) is 24.8. The Morgan fingerprint density at radius 3 is 2.20 bits per heavy atom. The number of benzene rings is 1. The van der Waals surface area contributed by atoms with Crippen molar-refractivity contribution in [2.45, 2.75) is 52.0 Å². The van der Waals surface area contributed by atoms with Crippen molar-refractivity contribution in [3.05, 3.63) is 35.9 Å². The van der Waals surface area contributed by atoms with E-state index in [1.807, 2.05) is 30.3 Å². The molecule has 2 aliphatic rings. The first kappa shape index (κ1) is 18.0. The fraction of sp³-hybridized carbons (Fsp3) is 0.619. The highest BCUT2D eigenvalue weighted by Crippen LogP contribution is 2.31. The van der Waals surface area contributed by atoms with Crippen LogP contribution in [0.4, 0.5) is 0 Å². The fourth-order valence-corrected chi connectivity index (χ4v) is 4.02. The topological polar surface area (TPSA) is 49.4 Å². The number of nitrogens with zero attached hydrogens (tertiary/aromatic N) is 1. The lowest BCUT2D eigenvalue weighted by Gasteiger charge is -2.35. The van der Waals surface area contributed by atoms with Gasteiger partial charge in [-0.3, -0.25) is 9.59 Å². The van der Waals surface area contributed by atoms with Crippen LogP contribution in [-0.4, -0.2) is 29.8 Å². The van der Waals surface area contributed by atoms with Gasteiger partial charge in [-0.15, -0.1) is 0 Å². The quantitative estimate of drug-likeness (QED) is 0.912. The minimum Gasteiger partial charge on any atom is -0.352 e. The van der Waals surface area contributed by atoms with Crippen molar-refractivity contribution in [3.8, 4) is 0 Å². The van der Waals surface area contributed by atoms with Crippen molar-refractivity contribution in [2.24, 2.45) is 17.8 Å². The number of carbonyl (C=O) groups is 2. The highest BCUT2D eigenvalue weighted by molar-refractivity contribution is 5.81. The molecule has 4 heteroatoms. The standard InChI is InChI=1S/C21H30N2O2/c1-16-11-13-23(14-12-16)21(25)19-9-7-18(8-10-19)20(24)22-15-17-5-3-2-4-6-17/h2-6,16,18-19H,7-15H2,1H3,(H,22,24). The monoisotopic (exact) mass is 342 g/mol. The molecular weight excluding hydrogens is 312 g/mol. The SMILES string of the molecule is CC1CCN(C(=O)C2CCC(C(=O)NCc3ccccc3)CC2)CC1. The second-order valence-electron chi connectivity index (χ2n) is 7.76. The molecule has 3 rings (SSSR count). The maximum absolute atomic E-state index is 12.7. The largest absolute Gasteiger partial charge is 0.352 e. The van der Waals surface area contributed by atoms with Crippen LogP contribution in [0.1, 0.15) is 51.0 Å². The van der Waals surface area contributed by atoms with Crippen LogP contribution in [0.3, 0.4) is 0 Å². The van der Waals surface area contributed by atoms with Crippen LogP contribution >= 0.6 is 0 Å². The van der Waals surface area contributed by atoms with Crippen LogP contribution in [0, 0.1) is 17.8 Å². The van der Waals surface area contributed by atoms with Gasteiger partial charge >= 0.3 is 0 Å². The zero-order chi connectivity index (χ0) is 17.6. The van der Waals surface area contributed by atoms with Gasteiger partial charge in [-0.2, -0.15) is 0 Å². The summed E-state index contributed by atoms with van der Waals surface area (Å²) in [5.41, 5.74) is 1.12. The van der Waals surface area contributed by atoms with Crippen LogP contribution in [0.15, 0.2) is 30.3 Å². The van der Waals surface area contributed by atoms with Crippen molar-refractivity contribution in [3.63, 3.8) is 0 Å². The summed E-state index contributed by atoms with van der Waals surface area (Å²) in [6.07, 6.45) is 5.64. The molecule has 2 amide bonds. The molecule has 0 unspecified atom stereocenters. The molecule has 1 saturated heterocycles. The molecule has 4 nitrogen and oxygen atoms in total. The Morgan fingerprint density at radius 2 is 1.56 bits per heavy atom. The van der Waals surface area contributed by atoms with E-state index in [0.29, 0.717) is 12.5 Å². The van der Waals surface area contributed by atoms with E-state index >= 15 is 0 Å². The molecule has 1 saturated carbocycles. The molecule has 25 heavy (non-hydrogen) atoms. The summed E-state index contributed by atoms with van der Waals surface area (Å²) in [5.74, 6) is 1.41. The third kappa shape index (κ3) is 4.83. The van der Waals surface area contributed by atoms with Gasteiger partial charge in [-0.1, -0.05) is 37.3 Å². The Kier molecular flexibility index (Phi) is 6.11. The zero-order valence-corrected chi connectivity index (χ0v) is 15.2. The van der Waals surface area contributed by atoms with Crippen molar-refractivity contribution in [1.82, 2.24) is 10.2 Å². The summed E-state index contributed by atoms with van der Waals surface area (Å²) < 4.78 is 0. The molecule has 0 spiro atoms. The summed E-state index contributed by atoms with van der Waals surface area (Å²) in [4.78, 5) is 27.1. The highest BCUT2D eigenvalue weighted by atomic mass is 16.2. The fourth-order valence-electron chi connectivity index (χ4n) is 4.02. The zero-order valence-electron chi connectivity index (χ0n) is 15.2. The van der Waals surface area contributed by atoms with Crippen molar-refractivity contribution in [2.75, 3.05) is 13.1 Å². The predicted molar refractivity (Wildman–Crippen MR) is 98.7 cm³/mol. The molecule has 1 aliphatic heterocycles. The van der Waals surface area contributed by atoms with Gasteiger partial charge < -0.3 is 10.2 Å². The molecular formula is C21H30N2O2. The van der Waals surface area contributed by atoms with Crippen molar-refractivity contribution < 1.29 is 9.59 Å². The summed E-state index contributed by atoms with van der Waals surface area (Å²) in [5, 5.41) is 3.05. The molecule has 0 radical (unpaired) electrons. The van der Waals surface area contributed by atoms with Gasteiger partial charge in [0, 0.05) is 31.5 Å². The van der Waals surface area contributed by atoms with Crippen LogP contribution in [0.5, 0.6) is 0 Å². The molecule has 136 valence electrons. The van der Waals surface area contributed by atoms with Gasteiger partial charge in [-0.25, -0.2) is 0 Å². The van der Waals surface area contributed by atoms with Gasteiger partial charge in [0.2, 0.25) is 11.8 Å². The molecule has 0 atom stereocenters. The third-order valence-electron chi connectivity index (χ3n) is 5.85. The lowest BCUT2D eigenvalue weighted by Crippen LogP contribution is -2.43. The summed E-state index contributed by atoms with van der Waals surface area (Å²) >= 11 is 0. The molecule has 1 aromatic rings. The number of likely N-dealkylation sites (tertiary alicyclic amines) is 1. The predicted octanol–water partition coefficient (Wildman–Crippen LogP) is 3.37. The van der Waals surface area contributed by atoms with E-state index in [1.54, 1.807) is 0 Å². The van der Waals surface area contributed by atoms with E-state index in [1.165, 1.54) is 0 Å². The first-order valence-electron chi connectivity index (χ1n) is 9.74. The molecule has 1 aromatic carbocycles. The minimum absolute atomic E-state index is 0.0640. The van der Waals surface area contributed by atoms with Crippen LogP contribution < -0.4 is 5.32 Å². The average molecular weight is 342 g/mol. The third-order valence-corrected chi connectivity index (χ3v) is 5.85. The molecule has 2 fully saturated rings. The number of hydrogen-bond donors (Lipinski definition) is 1. The van der Waals surface area contributed by atoms with Gasteiger partial charge in [0.05, 0.1) is 0 Å². The van der Waals surface area contributed by atoms with Crippen molar-refractivity contribution >= 4 is 11.8 Å². The van der Waals surface area contributed by atoms with E-state index in [2.05, 4.69) is 17.1 Å². The number of carbonyl (C=O) groups excluding carboxylic acids is 2. The molecule has 0 bridgehead atoms. The van der Waals surface area contributed by atoms with Gasteiger partial charge in [0.15, 0.2) is 0 Å².